The molecule has 0 radical (unpaired) electrons. The highest BCUT2D eigenvalue weighted by atomic mass is 35.5. The summed E-state index contributed by atoms with van der Waals surface area (Å²) in [5.74, 6) is -1.26. The van der Waals surface area contributed by atoms with Gasteiger partial charge in [0.05, 0.1) is 28.4 Å². The second-order valence-corrected chi connectivity index (χ2v) is 9.69. The monoisotopic (exact) mass is 520 g/mol. The van der Waals surface area contributed by atoms with Gasteiger partial charge in [-0.1, -0.05) is 42.0 Å². The molecule has 2 N–H and O–H groups in total. The van der Waals surface area contributed by atoms with Crippen LogP contribution in [0.5, 0.6) is 11.5 Å². The van der Waals surface area contributed by atoms with Crippen LogP contribution in [-0.4, -0.2) is 33.5 Å². The average molecular weight is 521 g/mol. The van der Waals surface area contributed by atoms with Gasteiger partial charge in [-0.05, 0) is 66.6 Å². The lowest BCUT2D eigenvalue weighted by Gasteiger charge is -2.23. The van der Waals surface area contributed by atoms with Crippen molar-refractivity contribution in [3.8, 4) is 11.5 Å². The predicted octanol–water partition coefficient (Wildman–Crippen LogP) is 6.07. The number of phenolic OH excluding ortho intramolecular Hbond substituents is 1. The van der Waals surface area contributed by atoms with E-state index in [4.69, 9.17) is 16.3 Å². The van der Waals surface area contributed by atoms with Gasteiger partial charge in [0.2, 0.25) is 0 Å². The molecule has 1 aliphatic rings. The quantitative estimate of drug-likeness (QED) is 0.182. The Bertz CT molecular complexity index is 1500. The van der Waals surface area contributed by atoms with Crippen LogP contribution in [0.3, 0.4) is 0 Å². The highest BCUT2D eigenvalue weighted by molar-refractivity contribution is 7.22. The van der Waals surface area contributed by atoms with Gasteiger partial charge in [0.15, 0.2) is 5.13 Å². The van der Waals surface area contributed by atoms with E-state index in [1.165, 1.54) is 28.4 Å². The highest BCUT2D eigenvalue weighted by Crippen LogP contribution is 2.44. The maximum atomic E-state index is 13.3. The topological polar surface area (TPSA) is 100.0 Å². The lowest BCUT2D eigenvalue weighted by atomic mass is 9.95. The number of hydrogen-bond acceptors (Lipinski definition) is 7. The van der Waals surface area contributed by atoms with Crippen LogP contribution >= 0.6 is 22.9 Å². The Kier molecular flexibility index (Phi) is 6.38. The van der Waals surface area contributed by atoms with E-state index in [1.54, 1.807) is 54.6 Å². The molecule has 36 heavy (non-hydrogen) atoms. The van der Waals surface area contributed by atoms with Crippen molar-refractivity contribution in [1.82, 2.24) is 4.98 Å². The van der Waals surface area contributed by atoms with Crippen LogP contribution in [0.1, 0.15) is 30.5 Å². The van der Waals surface area contributed by atoms with Crippen LogP contribution in [0, 0.1) is 0 Å². The van der Waals surface area contributed by atoms with Crippen LogP contribution in [0.25, 0.3) is 16.0 Å². The Morgan fingerprint density at radius 2 is 1.81 bits per heavy atom. The van der Waals surface area contributed by atoms with E-state index in [2.05, 4.69) is 4.98 Å². The molecule has 0 bridgehead atoms. The van der Waals surface area contributed by atoms with Crippen LogP contribution in [-0.2, 0) is 9.59 Å². The third kappa shape index (κ3) is 4.29. The number of hydrogen-bond donors (Lipinski definition) is 2. The van der Waals surface area contributed by atoms with E-state index >= 15 is 0 Å². The number of ether oxygens (including phenoxy) is 1. The Balaban J connectivity index is 1.65. The van der Waals surface area contributed by atoms with Crippen molar-refractivity contribution in [3.63, 3.8) is 0 Å². The molecule has 5 rings (SSSR count). The summed E-state index contributed by atoms with van der Waals surface area (Å²) in [6.45, 7) is 2.56. The molecular formula is C27H21ClN2O5S. The van der Waals surface area contributed by atoms with Crippen LogP contribution in [0.15, 0.2) is 72.3 Å². The molecule has 0 spiro atoms. The average Bonchev–Trinajstić information content (AvgIpc) is 3.40. The Morgan fingerprint density at radius 3 is 2.50 bits per heavy atom. The van der Waals surface area contributed by atoms with Gasteiger partial charge in [-0.15, -0.1) is 0 Å². The first-order chi connectivity index (χ1) is 17.4. The molecule has 1 unspecified atom stereocenters. The van der Waals surface area contributed by atoms with Crippen molar-refractivity contribution < 1.29 is 24.5 Å². The van der Waals surface area contributed by atoms with Gasteiger partial charge in [-0.2, -0.15) is 0 Å². The van der Waals surface area contributed by atoms with Crippen LogP contribution in [0.2, 0.25) is 5.02 Å². The summed E-state index contributed by atoms with van der Waals surface area (Å²) in [5.41, 5.74) is 1.48. The Labute approximate surface area is 215 Å². The minimum Gasteiger partial charge on any atom is -0.508 e. The van der Waals surface area contributed by atoms with Crippen LogP contribution in [0.4, 0.5) is 5.13 Å². The summed E-state index contributed by atoms with van der Waals surface area (Å²) >= 11 is 7.34. The summed E-state index contributed by atoms with van der Waals surface area (Å²) in [4.78, 5) is 32.5. The fourth-order valence-electron chi connectivity index (χ4n) is 4.08. The van der Waals surface area contributed by atoms with E-state index < -0.39 is 17.7 Å². The summed E-state index contributed by atoms with van der Waals surface area (Å²) in [6, 6.07) is 17.1. The van der Waals surface area contributed by atoms with Crippen molar-refractivity contribution >= 4 is 55.7 Å². The lowest BCUT2D eigenvalue weighted by molar-refractivity contribution is -0.132. The van der Waals surface area contributed by atoms with E-state index in [-0.39, 0.29) is 17.1 Å². The number of halogens is 1. The predicted molar refractivity (Wildman–Crippen MR) is 140 cm³/mol. The number of carbonyl (C=O) groups excluding carboxylic acids is 2. The zero-order valence-corrected chi connectivity index (χ0v) is 20.7. The van der Waals surface area contributed by atoms with Crippen LogP contribution < -0.4 is 9.64 Å². The number of rotatable bonds is 6. The van der Waals surface area contributed by atoms with Crippen molar-refractivity contribution in [2.75, 3.05) is 11.5 Å². The fraction of sp³-hybridized carbons (Fsp3) is 0.148. The molecule has 1 atom stereocenters. The number of anilines is 1. The molecule has 1 saturated heterocycles. The minimum atomic E-state index is -0.947. The van der Waals surface area contributed by atoms with Gasteiger partial charge >= 0.3 is 5.91 Å². The number of nitrogens with zero attached hydrogens (tertiary/aromatic N) is 2. The molecule has 2 heterocycles. The van der Waals surface area contributed by atoms with E-state index in [0.29, 0.717) is 39.2 Å². The number of phenols is 1. The molecule has 1 aliphatic heterocycles. The second-order valence-electron chi connectivity index (χ2n) is 8.24. The van der Waals surface area contributed by atoms with Crippen molar-refractivity contribution in [3.05, 3.63) is 88.5 Å². The molecule has 7 nitrogen and oxygen atoms in total. The number of benzene rings is 3. The lowest BCUT2D eigenvalue weighted by Crippen LogP contribution is -2.29. The molecule has 0 saturated carbocycles. The number of thiazole rings is 1. The maximum absolute atomic E-state index is 13.3. The molecule has 3 aromatic carbocycles. The maximum Gasteiger partial charge on any atom is 0.301 e. The molecule has 182 valence electrons. The zero-order valence-electron chi connectivity index (χ0n) is 19.1. The normalized spacial score (nSPS) is 17.2. The van der Waals surface area contributed by atoms with E-state index in [9.17, 15) is 19.8 Å². The highest BCUT2D eigenvalue weighted by Gasteiger charge is 2.48. The number of aromatic hydroxyl groups is 1. The zero-order chi connectivity index (χ0) is 25.4. The minimum absolute atomic E-state index is 0.0352. The number of aliphatic hydroxyl groups is 1. The first-order valence-electron chi connectivity index (χ1n) is 11.3. The van der Waals surface area contributed by atoms with Gasteiger partial charge in [0.1, 0.15) is 17.3 Å². The number of Topliss-reactive ketones (excluding diaryl/α,β-unsaturated/α-hetero) is 1. The molecular weight excluding hydrogens is 500 g/mol. The van der Waals surface area contributed by atoms with Crippen molar-refractivity contribution in [2.45, 2.75) is 19.4 Å². The summed E-state index contributed by atoms with van der Waals surface area (Å²) in [7, 11) is 0. The number of ketones is 1. The van der Waals surface area contributed by atoms with Gasteiger partial charge in [-0.25, -0.2) is 4.98 Å². The number of aliphatic hydroxyl groups excluding tert-OH is 1. The SMILES string of the molecule is CCCOc1ccc(C(O)=C2C(=O)C(=O)N(c3nc4ccc(Cl)cc4s3)C2c2ccc(O)cc2)cc1. The van der Waals surface area contributed by atoms with Gasteiger partial charge in [-0.3, -0.25) is 14.5 Å². The summed E-state index contributed by atoms with van der Waals surface area (Å²) < 4.78 is 6.36. The van der Waals surface area contributed by atoms with Crippen molar-refractivity contribution in [1.29, 1.82) is 0 Å². The number of carbonyl (C=O) groups is 2. The molecule has 4 aromatic rings. The summed E-state index contributed by atoms with van der Waals surface area (Å²) in [6.07, 6.45) is 0.857. The van der Waals surface area contributed by atoms with Gasteiger partial charge in [0, 0.05) is 10.6 Å². The van der Waals surface area contributed by atoms with E-state index in [1.807, 2.05) is 6.92 Å². The molecule has 1 amide bonds. The summed E-state index contributed by atoms with van der Waals surface area (Å²) in [5, 5.41) is 21.9. The smallest absolute Gasteiger partial charge is 0.301 e. The molecule has 1 fully saturated rings. The third-order valence-corrected chi connectivity index (χ3v) is 7.05. The molecule has 0 aliphatic carbocycles. The Hall–Kier alpha value is -3.88. The third-order valence-electron chi connectivity index (χ3n) is 5.80. The molecule has 1 aromatic heterocycles. The van der Waals surface area contributed by atoms with E-state index in [0.717, 1.165) is 11.1 Å². The number of aromatic nitrogens is 1. The van der Waals surface area contributed by atoms with Gasteiger partial charge < -0.3 is 14.9 Å². The van der Waals surface area contributed by atoms with Crippen molar-refractivity contribution in [2.24, 2.45) is 0 Å². The molecule has 9 heteroatoms. The first kappa shape index (κ1) is 23.8. The fourth-order valence-corrected chi connectivity index (χ4v) is 5.34. The largest absolute Gasteiger partial charge is 0.508 e. The standard InChI is InChI=1S/C27H21ClN2O5S/c1-2-13-35-19-10-5-16(6-11-19)24(32)22-23(15-3-8-18(31)9-4-15)30(26(34)25(22)33)27-29-20-12-7-17(28)14-21(20)36-27/h3-12,14,23,31-32H,2,13H2,1H3. The number of fused-ring (bicyclic) bond motifs is 1. The first-order valence-corrected chi connectivity index (χ1v) is 12.5. The Morgan fingerprint density at radius 1 is 1.08 bits per heavy atom. The van der Waals surface area contributed by atoms with Gasteiger partial charge in [0.25, 0.3) is 5.78 Å². The number of amides is 1. The second kappa shape index (κ2) is 9.64.